The van der Waals surface area contributed by atoms with E-state index in [1.165, 1.54) is 19.3 Å². The zero-order valence-electron chi connectivity index (χ0n) is 17.3. The molecule has 10 nitrogen and oxygen atoms in total. The highest BCUT2D eigenvalue weighted by molar-refractivity contribution is 7.70. The maximum atomic E-state index is 11.8. The van der Waals surface area contributed by atoms with Crippen molar-refractivity contribution in [2.24, 2.45) is 5.92 Å². The lowest BCUT2D eigenvalue weighted by molar-refractivity contribution is 0.0150. The lowest BCUT2D eigenvalue weighted by Crippen LogP contribution is -2.21. The van der Waals surface area contributed by atoms with E-state index >= 15 is 0 Å². The first-order chi connectivity index (χ1) is 15.1. The first kappa shape index (κ1) is 24.0. The minimum absolute atomic E-state index is 0.160. The van der Waals surface area contributed by atoms with Crippen molar-refractivity contribution in [3.8, 4) is 0 Å². The van der Waals surface area contributed by atoms with Gasteiger partial charge in [0.05, 0.1) is 24.3 Å². The Morgan fingerprint density at radius 3 is 2.62 bits per heavy atom. The lowest BCUT2D eigenvalue weighted by Gasteiger charge is -2.25. The number of nitrogens with zero attached hydrogens (tertiary/aromatic N) is 2. The fraction of sp³-hybridized carbons (Fsp3) is 0.579. The molecule has 1 aliphatic carbocycles. The van der Waals surface area contributed by atoms with Crippen LogP contribution in [0.15, 0.2) is 18.2 Å². The van der Waals surface area contributed by atoms with Crippen LogP contribution < -0.4 is 5.32 Å². The summed E-state index contributed by atoms with van der Waals surface area (Å²) in [6.07, 6.45) is 4.26. The largest absolute Gasteiger partial charge is 0.369 e. The van der Waals surface area contributed by atoms with Crippen molar-refractivity contribution in [2.75, 3.05) is 24.4 Å². The Bertz CT molecular complexity index is 1080. The summed E-state index contributed by atoms with van der Waals surface area (Å²) >= 11 is 6.14. The van der Waals surface area contributed by atoms with E-state index in [4.69, 9.17) is 30.6 Å². The summed E-state index contributed by atoms with van der Waals surface area (Å²) in [5, 5.41) is 4.41. The van der Waals surface area contributed by atoms with Crippen LogP contribution in [0.2, 0.25) is 5.28 Å². The van der Waals surface area contributed by atoms with E-state index in [0.717, 1.165) is 17.5 Å². The van der Waals surface area contributed by atoms with Crippen molar-refractivity contribution < 1.29 is 33.1 Å². The van der Waals surface area contributed by atoms with Gasteiger partial charge in [0.2, 0.25) is 5.28 Å². The van der Waals surface area contributed by atoms with Crippen LogP contribution in [0.3, 0.4) is 0 Å². The molecule has 1 aliphatic heterocycles. The van der Waals surface area contributed by atoms with Crippen molar-refractivity contribution in [1.29, 1.82) is 0 Å². The van der Waals surface area contributed by atoms with Crippen molar-refractivity contribution >= 4 is 43.5 Å². The molecule has 2 heterocycles. The van der Waals surface area contributed by atoms with Crippen LogP contribution >= 0.6 is 26.8 Å². The number of ether oxygens (including phenoxy) is 1. The molecule has 2 aromatic rings. The second-order valence-electron chi connectivity index (χ2n) is 8.36. The Hall–Kier alpha value is -1.09. The van der Waals surface area contributed by atoms with E-state index in [1.54, 1.807) is 0 Å². The van der Waals surface area contributed by atoms with Gasteiger partial charge in [0.1, 0.15) is 5.82 Å². The van der Waals surface area contributed by atoms with Crippen LogP contribution in [0, 0.1) is 5.92 Å². The average molecular weight is 506 g/mol. The zero-order chi connectivity index (χ0) is 22.9. The summed E-state index contributed by atoms with van der Waals surface area (Å²) in [4.78, 5) is 36.1. The number of nitrogens with one attached hydrogen (secondary N) is 1. The van der Waals surface area contributed by atoms with Gasteiger partial charge in [-0.2, -0.15) is 0 Å². The number of fused-ring (bicyclic) bond motifs is 1. The molecule has 1 aromatic heterocycles. The highest BCUT2D eigenvalue weighted by atomic mass is 35.5. The molecule has 13 heteroatoms. The number of anilines is 1. The molecule has 176 valence electrons. The van der Waals surface area contributed by atoms with Crippen molar-refractivity contribution in [3.05, 3.63) is 29.0 Å². The summed E-state index contributed by atoms with van der Waals surface area (Å²) in [5.41, 5.74) is 1.59. The van der Waals surface area contributed by atoms with Gasteiger partial charge in [-0.3, -0.25) is 9.13 Å². The smallest absolute Gasteiger partial charge is 0.340 e. The quantitative estimate of drug-likeness (QED) is 0.290. The Morgan fingerprint density at radius 1 is 1.16 bits per heavy atom. The summed E-state index contributed by atoms with van der Waals surface area (Å²) in [6.45, 7) is 0.634. The van der Waals surface area contributed by atoms with Crippen molar-refractivity contribution in [3.63, 3.8) is 0 Å². The van der Waals surface area contributed by atoms with E-state index in [9.17, 15) is 14.0 Å². The molecule has 0 radical (unpaired) electrons. The van der Waals surface area contributed by atoms with Crippen molar-refractivity contribution in [2.45, 2.75) is 44.3 Å². The van der Waals surface area contributed by atoms with Gasteiger partial charge in [-0.25, -0.2) is 9.97 Å². The van der Waals surface area contributed by atoms with E-state index in [1.807, 2.05) is 18.2 Å². The molecule has 2 fully saturated rings. The standard InChI is InChI=1S/C19H26ClN3O7P2/c20-19-22-16-8-13(4-6-15(16)18(23-19)21-9-12-2-1-3-12)17-7-5-14(30-17)10-29-32(27,28)11-31(24,25)26/h4,6,8,12,14,17H,1-3,5,7,9-11H2,(H,27,28)(H,21,22,23)(H2,24,25,26)/t14-,17+/m0/s1. The van der Waals surface area contributed by atoms with E-state index in [-0.39, 0.29) is 18.0 Å². The molecular formula is C19H26ClN3O7P2. The Labute approximate surface area is 190 Å². The van der Waals surface area contributed by atoms with E-state index < -0.39 is 27.2 Å². The molecule has 2 aliphatic rings. The molecule has 4 N–H and O–H groups in total. The molecule has 0 spiro atoms. The number of halogens is 1. The number of benzene rings is 1. The third-order valence-corrected chi connectivity index (χ3v) is 9.41. The second kappa shape index (κ2) is 9.65. The third-order valence-electron chi connectivity index (χ3n) is 5.78. The summed E-state index contributed by atoms with van der Waals surface area (Å²) in [6, 6.07) is 5.77. The molecule has 1 unspecified atom stereocenters. The first-order valence-corrected chi connectivity index (χ1v) is 14.4. The normalized spacial score (nSPS) is 23.8. The predicted molar refractivity (Wildman–Crippen MR) is 120 cm³/mol. The van der Waals surface area contributed by atoms with Crippen molar-refractivity contribution in [1.82, 2.24) is 9.97 Å². The Kier molecular flexibility index (Phi) is 7.25. The predicted octanol–water partition coefficient (Wildman–Crippen LogP) is 4.05. The third kappa shape index (κ3) is 6.27. The molecule has 32 heavy (non-hydrogen) atoms. The Morgan fingerprint density at radius 2 is 1.94 bits per heavy atom. The van der Waals surface area contributed by atoms with Gasteiger partial charge in [0.15, 0.2) is 5.90 Å². The highest BCUT2D eigenvalue weighted by Crippen LogP contribution is 2.55. The van der Waals surface area contributed by atoms with Gasteiger partial charge in [-0.1, -0.05) is 12.5 Å². The van der Waals surface area contributed by atoms with E-state index in [2.05, 4.69) is 15.3 Å². The molecular weight excluding hydrogens is 480 g/mol. The first-order valence-electron chi connectivity index (χ1n) is 10.5. The van der Waals surface area contributed by atoms with Crippen LogP contribution in [0.4, 0.5) is 5.82 Å². The summed E-state index contributed by atoms with van der Waals surface area (Å²) < 4.78 is 33.6. The maximum Gasteiger partial charge on any atom is 0.340 e. The maximum absolute atomic E-state index is 11.8. The minimum atomic E-state index is -4.66. The monoisotopic (exact) mass is 505 g/mol. The fourth-order valence-corrected chi connectivity index (χ4v) is 6.70. The van der Waals surface area contributed by atoms with Crippen LogP contribution in [0.5, 0.6) is 0 Å². The molecule has 4 rings (SSSR count). The molecule has 1 saturated heterocycles. The minimum Gasteiger partial charge on any atom is -0.369 e. The highest BCUT2D eigenvalue weighted by Gasteiger charge is 2.34. The van der Waals surface area contributed by atoms with Gasteiger partial charge >= 0.3 is 15.2 Å². The zero-order valence-corrected chi connectivity index (χ0v) is 19.8. The van der Waals surface area contributed by atoms with E-state index in [0.29, 0.717) is 30.1 Å². The van der Waals surface area contributed by atoms with Gasteiger partial charge in [-0.15, -0.1) is 0 Å². The number of rotatable bonds is 9. The molecule has 1 aromatic carbocycles. The average Bonchev–Trinajstić information content (AvgIpc) is 3.12. The van der Waals surface area contributed by atoms with Crippen LogP contribution in [0.25, 0.3) is 10.9 Å². The second-order valence-corrected chi connectivity index (χ2v) is 12.7. The van der Waals surface area contributed by atoms with Crippen LogP contribution in [-0.2, 0) is 18.4 Å². The van der Waals surface area contributed by atoms with Gasteiger partial charge in [0, 0.05) is 11.9 Å². The fourth-order valence-electron chi connectivity index (χ4n) is 3.94. The number of hydrogen-bond acceptors (Lipinski definition) is 7. The van der Waals surface area contributed by atoms with Crippen LogP contribution in [-0.4, -0.2) is 49.8 Å². The van der Waals surface area contributed by atoms with Gasteiger partial charge in [-0.05, 0) is 60.9 Å². The SMILES string of the molecule is O=P(O)(O)CP(=O)(O)OC[C@@H]1CC[C@H](c2ccc3c(NCC4CCC4)nc(Cl)nc3c2)O1. The molecule has 0 bridgehead atoms. The van der Waals surface area contributed by atoms with Gasteiger partial charge < -0.3 is 29.3 Å². The number of hydrogen-bond donors (Lipinski definition) is 4. The number of aromatic nitrogens is 2. The lowest BCUT2D eigenvalue weighted by atomic mass is 9.85. The topological polar surface area (TPSA) is 151 Å². The molecule has 3 atom stereocenters. The summed E-state index contributed by atoms with van der Waals surface area (Å²) in [5.74, 6) is 0.166. The van der Waals surface area contributed by atoms with Crippen LogP contribution in [0.1, 0.15) is 43.8 Å². The molecule has 0 amide bonds. The summed E-state index contributed by atoms with van der Waals surface area (Å²) in [7, 11) is -9.05. The molecule has 1 saturated carbocycles. The van der Waals surface area contributed by atoms with Gasteiger partial charge in [0.25, 0.3) is 0 Å². The Balaban J connectivity index is 1.40.